The Morgan fingerprint density at radius 1 is 0.447 bits per heavy atom. The van der Waals surface area contributed by atoms with E-state index in [1.807, 2.05) is 0 Å². The van der Waals surface area contributed by atoms with Crippen LogP contribution in [-0.4, -0.2) is 0 Å². The molecule has 0 aromatic heterocycles. The molecule has 7 aromatic carbocycles. The van der Waals surface area contributed by atoms with E-state index in [-0.39, 0.29) is 0 Å². The van der Waals surface area contributed by atoms with Crippen molar-refractivity contribution < 1.29 is 0 Å². The topological polar surface area (TPSA) is 3.24 Å². The highest BCUT2D eigenvalue weighted by molar-refractivity contribution is 5.98. The van der Waals surface area contributed by atoms with E-state index in [9.17, 15) is 0 Å². The van der Waals surface area contributed by atoms with Crippen molar-refractivity contribution in [2.45, 2.75) is 6.42 Å². The molecule has 0 bridgehead atoms. The lowest BCUT2D eigenvalue weighted by atomic mass is 9.83. The van der Waals surface area contributed by atoms with Crippen LogP contribution >= 0.6 is 0 Å². The van der Waals surface area contributed by atoms with Crippen LogP contribution in [0.2, 0.25) is 0 Å². The van der Waals surface area contributed by atoms with Gasteiger partial charge in [0.25, 0.3) is 0 Å². The van der Waals surface area contributed by atoms with Gasteiger partial charge in [-0.3, -0.25) is 0 Å². The third-order valence-corrected chi connectivity index (χ3v) is 9.81. The highest BCUT2D eigenvalue weighted by Crippen LogP contribution is 2.39. The molecule has 9 rings (SSSR count). The fourth-order valence-corrected chi connectivity index (χ4v) is 7.56. The molecule has 1 atom stereocenters. The Morgan fingerprint density at radius 2 is 0.957 bits per heavy atom. The number of hydrogen-bond donors (Lipinski definition) is 0. The minimum absolute atomic E-state index is 0.345. The molecule has 0 spiro atoms. The lowest BCUT2D eigenvalue weighted by Gasteiger charge is -2.33. The summed E-state index contributed by atoms with van der Waals surface area (Å²) in [6, 6.07) is 57.7. The highest BCUT2D eigenvalue weighted by Gasteiger charge is 2.25. The van der Waals surface area contributed by atoms with Crippen LogP contribution in [0.1, 0.15) is 6.42 Å². The molecule has 1 unspecified atom stereocenters. The fourth-order valence-electron chi connectivity index (χ4n) is 7.56. The first-order chi connectivity index (χ1) is 23.3. The monoisotopic (exact) mass is 599 g/mol. The second-order valence-corrected chi connectivity index (χ2v) is 12.5. The van der Waals surface area contributed by atoms with E-state index >= 15 is 0 Å². The van der Waals surface area contributed by atoms with Crippen molar-refractivity contribution in [2.24, 2.45) is 5.92 Å². The molecule has 0 saturated heterocycles. The molecule has 47 heavy (non-hydrogen) atoms. The van der Waals surface area contributed by atoms with Gasteiger partial charge in [-0.1, -0.05) is 158 Å². The molecule has 0 amide bonds. The van der Waals surface area contributed by atoms with Gasteiger partial charge in [-0.25, -0.2) is 0 Å². The maximum absolute atomic E-state index is 2.49. The number of fused-ring (bicyclic) bond motifs is 4. The number of hydrogen-bond acceptors (Lipinski definition) is 1. The van der Waals surface area contributed by atoms with Gasteiger partial charge >= 0.3 is 0 Å². The summed E-state index contributed by atoms with van der Waals surface area (Å²) in [7, 11) is 0. The summed E-state index contributed by atoms with van der Waals surface area (Å²) in [5.41, 5.74) is 10.0. The molecule has 0 heterocycles. The first kappa shape index (κ1) is 27.4. The average molecular weight is 600 g/mol. The highest BCUT2D eigenvalue weighted by atomic mass is 15.1. The number of nitrogens with zero attached hydrogens (tertiary/aromatic N) is 1. The predicted molar refractivity (Wildman–Crippen MR) is 200 cm³/mol. The van der Waals surface area contributed by atoms with E-state index in [2.05, 4.69) is 187 Å². The molecule has 2 aliphatic rings. The van der Waals surface area contributed by atoms with E-state index in [0.717, 1.165) is 17.8 Å². The molecule has 0 N–H and O–H groups in total. The van der Waals surface area contributed by atoms with Crippen LogP contribution in [0.4, 0.5) is 11.4 Å². The van der Waals surface area contributed by atoms with Gasteiger partial charge in [-0.2, -0.15) is 0 Å². The van der Waals surface area contributed by atoms with Crippen molar-refractivity contribution >= 4 is 44.2 Å². The summed E-state index contributed by atoms with van der Waals surface area (Å²) in [5, 5.41) is 7.70. The summed E-state index contributed by atoms with van der Waals surface area (Å²) in [6.45, 7) is 0. The standard InChI is InChI=1S/C46H33N/c1-4-16-39-32(11-1)14-9-21-41(39)34-23-27-37(28-24-34)47(46-31-36-13-3-6-18-43(36)44-19-7-8-20-45(44)46)38-29-25-35(26-30-38)42-22-10-15-33-12-2-5-17-40(33)42/h1-30,36H,31H2. The zero-order chi connectivity index (χ0) is 31.2. The number of allylic oxidation sites excluding steroid dienone is 4. The van der Waals surface area contributed by atoms with Crippen LogP contribution in [0.3, 0.4) is 0 Å². The average Bonchev–Trinajstić information content (AvgIpc) is 3.15. The van der Waals surface area contributed by atoms with Gasteiger partial charge in [0.15, 0.2) is 0 Å². The van der Waals surface area contributed by atoms with Crippen molar-refractivity contribution in [3.8, 4) is 22.3 Å². The van der Waals surface area contributed by atoms with Gasteiger partial charge in [0.1, 0.15) is 0 Å². The Kier molecular flexibility index (Phi) is 6.68. The first-order valence-corrected chi connectivity index (χ1v) is 16.5. The molecule has 1 nitrogen and oxygen atoms in total. The zero-order valence-electron chi connectivity index (χ0n) is 26.1. The van der Waals surface area contributed by atoms with Crippen molar-refractivity contribution in [1.82, 2.24) is 0 Å². The molecule has 1 heteroatoms. The number of rotatable bonds is 5. The predicted octanol–water partition coefficient (Wildman–Crippen LogP) is 10.6. The summed E-state index contributed by atoms with van der Waals surface area (Å²) in [6.07, 6.45) is 9.95. The lowest BCUT2D eigenvalue weighted by Crippen LogP contribution is -2.39. The Hall–Kier alpha value is -5.92. The van der Waals surface area contributed by atoms with Crippen LogP contribution < -0.4 is 15.3 Å². The minimum atomic E-state index is 0.345. The Labute approximate surface area is 275 Å². The molecule has 2 aliphatic carbocycles. The normalized spacial score (nSPS) is 15.1. The van der Waals surface area contributed by atoms with Crippen LogP contribution in [0, 0.1) is 5.92 Å². The van der Waals surface area contributed by atoms with Crippen molar-refractivity contribution in [3.05, 3.63) is 192 Å². The number of anilines is 2. The van der Waals surface area contributed by atoms with Crippen LogP contribution in [0.25, 0.3) is 55.1 Å². The summed E-state index contributed by atoms with van der Waals surface area (Å²) >= 11 is 0. The van der Waals surface area contributed by atoms with E-state index in [1.54, 1.807) is 0 Å². The Bertz CT molecular complexity index is 2350. The SMILES string of the molecule is C1=CC2=c3ccccc3=C(N(c3ccc(-c4cccc5ccccc45)cc3)c3ccc(-c4cccc5ccccc45)cc3)CC2C=C1. The molecular formula is C46H33N. The largest absolute Gasteiger partial charge is 0.314 e. The molecular weight excluding hydrogens is 567 g/mol. The molecule has 0 fully saturated rings. The second-order valence-electron chi connectivity index (χ2n) is 12.5. The van der Waals surface area contributed by atoms with Gasteiger partial charge in [0.2, 0.25) is 0 Å². The summed E-state index contributed by atoms with van der Waals surface area (Å²) in [4.78, 5) is 2.49. The quantitative estimate of drug-likeness (QED) is 0.190. The maximum Gasteiger partial charge on any atom is 0.0459 e. The van der Waals surface area contributed by atoms with Gasteiger partial charge < -0.3 is 4.90 Å². The van der Waals surface area contributed by atoms with Crippen molar-refractivity contribution in [3.63, 3.8) is 0 Å². The van der Waals surface area contributed by atoms with Gasteiger partial charge in [-0.15, -0.1) is 0 Å². The van der Waals surface area contributed by atoms with E-state index < -0.39 is 0 Å². The van der Waals surface area contributed by atoms with Crippen LogP contribution in [0.5, 0.6) is 0 Å². The molecule has 0 saturated carbocycles. The van der Waals surface area contributed by atoms with Crippen LogP contribution in [0.15, 0.2) is 182 Å². The second kappa shape index (κ2) is 11.5. The van der Waals surface area contributed by atoms with E-state index in [0.29, 0.717) is 5.92 Å². The van der Waals surface area contributed by atoms with E-state index in [1.165, 1.54) is 65.5 Å². The lowest BCUT2D eigenvalue weighted by molar-refractivity contribution is 0.828. The Balaban J connectivity index is 1.21. The maximum atomic E-state index is 2.49. The third-order valence-electron chi connectivity index (χ3n) is 9.81. The molecule has 222 valence electrons. The van der Waals surface area contributed by atoms with Crippen molar-refractivity contribution in [2.75, 3.05) is 4.90 Å². The van der Waals surface area contributed by atoms with Crippen LogP contribution in [-0.2, 0) is 0 Å². The first-order valence-electron chi connectivity index (χ1n) is 16.5. The fraction of sp³-hybridized carbons (Fsp3) is 0.0435. The minimum Gasteiger partial charge on any atom is -0.314 e. The summed E-state index contributed by atoms with van der Waals surface area (Å²) < 4.78 is 0. The third kappa shape index (κ3) is 4.80. The van der Waals surface area contributed by atoms with Gasteiger partial charge in [0, 0.05) is 28.2 Å². The Morgan fingerprint density at radius 3 is 1.55 bits per heavy atom. The van der Waals surface area contributed by atoms with E-state index in [4.69, 9.17) is 0 Å². The number of benzene rings is 7. The van der Waals surface area contributed by atoms with Gasteiger partial charge in [-0.05, 0) is 85.3 Å². The molecule has 0 aliphatic heterocycles. The van der Waals surface area contributed by atoms with Gasteiger partial charge in [0.05, 0.1) is 0 Å². The smallest absolute Gasteiger partial charge is 0.0459 e. The van der Waals surface area contributed by atoms with Crippen molar-refractivity contribution in [1.29, 1.82) is 0 Å². The zero-order valence-corrected chi connectivity index (χ0v) is 26.1. The summed E-state index contributed by atoms with van der Waals surface area (Å²) in [5.74, 6) is 0.345. The molecule has 0 radical (unpaired) electrons. The molecule has 7 aromatic rings.